The standard InChI is InChI=1S/C7H15O8P/c1-6(2)4(8)5(9)7(10,15-6)3-14-16(11,12)13/h4-5,8-10H,3H2,1-2H3,(H2,11,12,13)/t4-,5+,7?/m0/s1. The molecule has 16 heavy (non-hydrogen) atoms. The topological polar surface area (TPSA) is 137 Å². The quantitative estimate of drug-likeness (QED) is 0.378. The molecule has 0 aromatic heterocycles. The summed E-state index contributed by atoms with van der Waals surface area (Å²) in [6.45, 7) is 1.88. The van der Waals surface area contributed by atoms with Crippen LogP contribution in [0.15, 0.2) is 0 Å². The molecule has 8 nitrogen and oxygen atoms in total. The first kappa shape index (κ1) is 14.0. The second-order valence-corrected chi connectivity index (χ2v) is 5.44. The van der Waals surface area contributed by atoms with Crippen LogP contribution in [0.4, 0.5) is 0 Å². The SMILES string of the molecule is CC1(C)OC(O)(COP(=O)(O)O)[C@H](O)[C@@H]1O. The van der Waals surface area contributed by atoms with Crippen molar-refractivity contribution >= 4 is 7.82 Å². The van der Waals surface area contributed by atoms with Gasteiger partial charge in [-0.15, -0.1) is 0 Å². The molecule has 0 aliphatic carbocycles. The number of aliphatic hydroxyl groups excluding tert-OH is 2. The Morgan fingerprint density at radius 2 is 1.81 bits per heavy atom. The van der Waals surface area contributed by atoms with E-state index in [4.69, 9.17) is 14.5 Å². The van der Waals surface area contributed by atoms with Crippen molar-refractivity contribution in [2.45, 2.75) is 37.4 Å². The second-order valence-electron chi connectivity index (χ2n) is 4.20. The minimum absolute atomic E-state index is 0.946. The van der Waals surface area contributed by atoms with Gasteiger partial charge in [-0.3, -0.25) is 4.52 Å². The lowest BCUT2D eigenvalue weighted by atomic mass is 9.98. The maximum Gasteiger partial charge on any atom is 0.469 e. The van der Waals surface area contributed by atoms with Crippen molar-refractivity contribution in [1.29, 1.82) is 0 Å². The number of phosphoric acid groups is 1. The number of rotatable bonds is 3. The zero-order valence-electron chi connectivity index (χ0n) is 8.77. The molecule has 1 unspecified atom stereocenters. The van der Waals surface area contributed by atoms with Gasteiger partial charge in [0, 0.05) is 0 Å². The predicted octanol–water partition coefficient (Wildman–Crippen LogP) is -1.69. The Labute approximate surface area is 91.7 Å². The van der Waals surface area contributed by atoms with Crippen LogP contribution < -0.4 is 0 Å². The average molecular weight is 258 g/mol. The van der Waals surface area contributed by atoms with Crippen molar-refractivity contribution in [2.75, 3.05) is 6.61 Å². The zero-order chi connectivity index (χ0) is 12.8. The summed E-state index contributed by atoms with van der Waals surface area (Å²) in [6.07, 6.45) is -3.10. The third-order valence-electron chi connectivity index (χ3n) is 2.35. The van der Waals surface area contributed by atoms with Crippen molar-refractivity contribution in [3.05, 3.63) is 0 Å². The fourth-order valence-corrected chi connectivity index (χ4v) is 1.85. The van der Waals surface area contributed by atoms with E-state index in [0.717, 1.165) is 0 Å². The van der Waals surface area contributed by atoms with Crippen LogP contribution in [0.3, 0.4) is 0 Å². The van der Waals surface area contributed by atoms with E-state index in [1.165, 1.54) is 13.8 Å². The van der Waals surface area contributed by atoms with E-state index in [9.17, 15) is 19.9 Å². The fraction of sp³-hybridized carbons (Fsp3) is 1.00. The molecule has 0 aromatic carbocycles. The minimum atomic E-state index is -4.78. The molecule has 9 heteroatoms. The van der Waals surface area contributed by atoms with Crippen LogP contribution >= 0.6 is 7.82 Å². The molecule has 1 saturated heterocycles. The van der Waals surface area contributed by atoms with Gasteiger partial charge in [0.15, 0.2) is 0 Å². The van der Waals surface area contributed by atoms with E-state index in [2.05, 4.69) is 4.52 Å². The Balaban J connectivity index is 2.76. The van der Waals surface area contributed by atoms with E-state index < -0.39 is 38.0 Å². The van der Waals surface area contributed by atoms with E-state index >= 15 is 0 Å². The lowest BCUT2D eigenvalue weighted by molar-refractivity contribution is -0.257. The number of aliphatic hydroxyl groups is 3. The Hall–Kier alpha value is -0.0500. The van der Waals surface area contributed by atoms with Crippen molar-refractivity contribution in [2.24, 2.45) is 0 Å². The van der Waals surface area contributed by atoms with E-state index in [1.807, 2.05) is 0 Å². The molecule has 0 amide bonds. The molecule has 0 bridgehead atoms. The van der Waals surface area contributed by atoms with Crippen molar-refractivity contribution < 1.29 is 38.9 Å². The van der Waals surface area contributed by atoms with Crippen LogP contribution in [-0.2, 0) is 13.8 Å². The first-order chi connectivity index (χ1) is 6.98. The molecule has 0 aromatic rings. The Morgan fingerprint density at radius 3 is 2.12 bits per heavy atom. The highest BCUT2D eigenvalue weighted by atomic mass is 31.2. The molecule has 0 spiro atoms. The van der Waals surface area contributed by atoms with Gasteiger partial charge in [0.05, 0.1) is 5.60 Å². The molecular weight excluding hydrogens is 243 g/mol. The summed E-state index contributed by atoms with van der Waals surface area (Å²) in [5.74, 6) is -2.34. The highest BCUT2D eigenvalue weighted by Gasteiger charge is 2.58. The molecule has 0 saturated carbocycles. The molecule has 1 rings (SSSR count). The van der Waals surface area contributed by atoms with Gasteiger partial charge in [0.1, 0.15) is 18.8 Å². The molecule has 1 fully saturated rings. The summed E-state index contributed by atoms with van der Waals surface area (Å²) in [7, 11) is -4.78. The maximum absolute atomic E-state index is 10.4. The fourth-order valence-electron chi connectivity index (χ4n) is 1.49. The van der Waals surface area contributed by atoms with Gasteiger partial charge in [-0.05, 0) is 13.8 Å². The lowest BCUT2D eigenvalue weighted by Gasteiger charge is -2.26. The minimum Gasteiger partial charge on any atom is -0.387 e. The Bertz CT molecular complexity index is 312. The number of phosphoric ester groups is 1. The van der Waals surface area contributed by atoms with Crippen LogP contribution in [0.2, 0.25) is 0 Å². The number of hydrogen-bond acceptors (Lipinski definition) is 6. The highest BCUT2D eigenvalue weighted by molar-refractivity contribution is 7.46. The molecule has 1 heterocycles. The van der Waals surface area contributed by atoms with Crippen LogP contribution in [0.5, 0.6) is 0 Å². The molecular formula is C7H15O8P. The first-order valence-corrected chi connectivity index (χ1v) is 6.00. The van der Waals surface area contributed by atoms with Crippen molar-refractivity contribution in [3.63, 3.8) is 0 Å². The van der Waals surface area contributed by atoms with Gasteiger partial charge >= 0.3 is 7.82 Å². The summed E-state index contributed by atoms with van der Waals surface area (Å²) in [5, 5.41) is 28.7. The van der Waals surface area contributed by atoms with Gasteiger partial charge < -0.3 is 29.8 Å². The third kappa shape index (κ3) is 2.79. The first-order valence-electron chi connectivity index (χ1n) is 4.47. The van der Waals surface area contributed by atoms with Crippen LogP contribution in [0.25, 0.3) is 0 Å². The second kappa shape index (κ2) is 4.01. The van der Waals surface area contributed by atoms with Crippen LogP contribution in [-0.4, -0.2) is 55.3 Å². The maximum atomic E-state index is 10.4. The monoisotopic (exact) mass is 258 g/mol. The van der Waals surface area contributed by atoms with Gasteiger partial charge in [0.25, 0.3) is 0 Å². The summed E-state index contributed by atoms with van der Waals surface area (Å²) >= 11 is 0. The molecule has 5 N–H and O–H groups in total. The van der Waals surface area contributed by atoms with E-state index in [0.29, 0.717) is 0 Å². The van der Waals surface area contributed by atoms with Gasteiger partial charge in [0.2, 0.25) is 5.79 Å². The average Bonchev–Trinajstić information content (AvgIpc) is 2.24. The highest BCUT2D eigenvalue weighted by Crippen LogP contribution is 2.42. The van der Waals surface area contributed by atoms with Crippen molar-refractivity contribution in [1.82, 2.24) is 0 Å². The molecule has 1 aliphatic heterocycles. The Morgan fingerprint density at radius 1 is 1.31 bits per heavy atom. The Kier molecular flexibility index (Phi) is 3.51. The van der Waals surface area contributed by atoms with Gasteiger partial charge in [-0.2, -0.15) is 0 Å². The van der Waals surface area contributed by atoms with Gasteiger partial charge in [-0.25, -0.2) is 4.57 Å². The molecule has 0 radical (unpaired) electrons. The molecule has 1 aliphatic rings. The molecule has 96 valence electrons. The third-order valence-corrected chi connectivity index (χ3v) is 2.82. The number of ether oxygens (including phenoxy) is 1. The zero-order valence-corrected chi connectivity index (χ0v) is 9.66. The van der Waals surface area contributed by atoms with Crippen LogP contribution in [0.1, 0.15) is 13.8 Å². The summed E-state index contributed by atoms with van der Waals surface area (Å²) < 4.78 is 19.4. The van der Waals surface area contributed by atoms with E-state index in [1.54, 1.807) is 0 Å². The predicted molar refractivity (Wildman–Crippen MR) is 50.1 cm³/mol. The summed E-state index contributed by atoms with van der Waals surface area (Å²) in [5.41, 5.74) is -1.24. The number of hydrogen-bond donors (Lipinski definition) is 5. The smallest absolute Gasteiger partial charge is 0.387 e. The van der Waals surface area contributed by atoms with E-state index in [-0.39, 0.29) is 0 Å². The molecule has 3 atom stereocenters. The summed E-state index contributed by atoms with van der Waals surface area (Å²) in [6, 6.07) is 0. The van der Waals surface area contributed by atoms with Gasteiger partial charge in [-0.1, -0.05) is 0 Å². The normalized spacial score (nSPS) is 38.9. The summed E-state index contributed by atoms with van der Waals surface area (Å²) in [4.78, 5) is 16.9. The van der Waals surface area contributed by atoms with Crippen molar-refractivity contribution in [3.8, 4) is 0 Å². The van der Waals surface area contributed by atoms with Crippen LogP contribution in [0, 0.1) is 0 Å². The largest absolute Gasteiger partial charge is 0.469 e. The lowest BCUT2D eigenvalue weighted by Crippen LogP contribution is -2.46.